The van der Waals surface area contributed by atoms with Crippen molar-refractivity contribution >= 4 is 42.6 Å². The molecule has 1 unspecified atom stereocenters. The highest BCUT2D eigenvalue weighted by Gasteiger charge is 2.26. The zero-order valence-corrected chi connectivity index (χ0v) is 25.4. The third-order valence-electron chi connectivity index (χ3n) is 7.70. The Balaban J connectivity index is 1.34. The largest absolute Gasteiger partial charge is 0.495 e. The second kappa shape index (κ2) is 12.6. The van der Waals surface area contributed by atoms with Crippen molar-refractivity contribution in [1.82, 2.24) is 4.90 Å². The van der Waals surface area contributed by atoms with Crippen LogP contribution in [0.2, 0.25) is 0 Å². The first-order valence-electron chi connectivity index (χ1n) is 14.1. The quantitative estimate of drug-likeness (QED) is 0.279. The molecule has 2 aliphatic rings. The molecular weight excluding hydrogens is 561 g/mol. The molecule has 7 nitrogen and oxygen atoms in total. The maximum atomic E-state index is 14.5. The molecule has 41 heavy (non-hydrogen) atoms. The van der Waals surface area contributed by atoms with Gasteiger partial charge in [-0.15, -0.1) is 11.3 Å². The fourth-order valence-electron chi connectivity index (χ4n) is 5.44. The van der Waals surface area contributed by atoms with Crippen molar-refractivity contribution in [2.24, 2.45) is 5.92 Å². The Hall–Kier alpha value is -2.84. The van der Waals surface area contributed by atoms with Crippen LogP contribution >= 0.6 is 11.3 Å². The second-order valence-corrected chi connectivity index (χ2v) is 14.2. The van der Waals surface area contributed by atoms with Gasteiger partial charge in [-0.25, -0.2) is 12.8 Å². The van der Waals surface area contributed by atoms with Gasteiger partial charge >= 0.3 is 0 Å². The number of halogens is 1. The van der Waals surface area contributed by atoms with Crippen LogP contribution in [0.5, 0.6) is 5.75 Å². The van der Waals surface area contributed by atoms with E-state index in [9.17, 15) is 17.9 Å². The maximum absolute atomic E-state index is 14.5. The minimum absolute atomic E-state index is 0.248. The summed E-state index contributed by atoms with van der Waals surface area (Å²) in [6.07, 6.45) is 6.27. The van der Waals surface area contributed by atoms with Crippen LogP contribution in [-0.4, -0.2) is 70.1 Å². The second-order valence-electron chi connectivity index (χ2n) is 11.2. The number of piperidine rings is 1. The van der Waals surface area contributed by atoms with Crippen LogP contribution in [0.4, 0.5) is 15.8 Å². The lowest BCUT2D eigenvalue weighted by Gasteiger charge is -2.33. The van der Waals surface area contributed by atoms with Crippen LogP contribution in [0.25, 0.3) is 10.1 Å². The number of rotatable bonds is 10. The maximum Gasteiger partial charge on any atom is 0.178 e. The SMILES string of the molecule is COc1cc(S(C)(=O)=O)c(F)cc1NCC#Cc1sc2c(NC3CCN(CC(C)O)CC3)cccc2c1CC1CC1. The van der Waals surface area contributed by atoms with Crippen molar-refractivity contribution in [2.45, 2.75) is 56.1 Å². The van der Waals surface area contributed by atoms with Gasteiger partial charge in [0.05, 0.1) is 40.7 Å². The van der Waals surface area contributed by atoms with Crippen molar-refractivity contribution in [3.05, 3.63) is 46.6 Å². The molecule has 0 bridgehead atoms. The predicted octanol–water partition coefficient (Wildman–Crippen LogP) is 5.13. The van der Waals surface area contributed by atoms with E-state index in [2.05, 4.69) is 45.6 Å². The molecule has 1 atom stereocenters. The summed E-state index contributed by atoms with van der Waals surface area (Å²) < 4.78 is 44.7. The number of ether oxygens (including phenoxy) is 1. The summed E-state index contributed by atoms with van der Waals surface area (Å²) in [5.41, 5.74) is 2.81. The van der Waals surface area contributed by atoms with Gasteiger partial charge in [-0.2, -0.15) is 0 Å². The van der Waals surface area contributed by atoms with Crippen LogP contribution < -0.4 is 15.4 Å². The molecule has 1 aromatic heterocycles. The zero-order valence-electron chi connectivity index (χ0n) is 23.8. The number of methoxy groups -OCH3 is 1. The first kappa shape index (κ1) is 29.6. The summed E-state index contributed by atoms with van der Waals surface area (Å²) in [5.74, 6) is 6.69. The third-order valence-corrected chi connectivity index (χ3v) is 10.0. The van der Waals surface area contributed by atoms with Crippen molar-refractivity contribution in [3.8, 4) is 17.6 Å². The van der Waals surface area contributed by atoms with E-state index in [0.29, 0.717) is 17.6 Å². The summed E-state index contributed by atoms with van der Waals surface area (Å²) in [6.45, 7) is 4.77. The van der Waals surface area contributed by atoms with Gasteiger partial charge < -0.3 is 25.4 Å². The van der Waals surface area contributed by atoms with E-state index in [1.165, 1.54) is 41.7 Å². The Morgan fingerprint density at radius 1 is 1.20 bits per heavy atom. The Kier molecular flexibility index (Phi) is 9.09. The lowest BCUT2D eigenvalue weighted by Crippen LogP contribution is -2.41. The van der Waals surface area contributed by atoms with Crippen LogP contribution in [0.15, 0.2) is 35.2 Å². The predicted molar refractivity (Wildman–Crippen MR) is 164 cm³/mol. The molecule has 2 aromatic carbocycles. The minimum Gasteiger partial charge on any atom is -0.495 e. The summed E-state index contributed by atoms with van der Waals surface area (Å²) in [5, 5.41) is 17.9. The van der Waals surface area contributed by atoms with Gasteiger partial charge in [0.15, 0.2) is 9.84 Å². The average Bonchev–Trinajstić information content (AvgIpc) is 3.67. The lowest BCUT2D eigenvalue weighted by molar-refractivity contribution is 0.111. The molecule has 0 spiro atoms. The highest BCUT2D eigenvalue weighted by Crippen LogP contribution is 2.42. The van der Waals surface area contributed by atoms with Crippen molar-refractivity contribution in [3.63, 3.8) is 0 Å². The van der Waals surface area contributed by atoms with E-state index in [1.807, 2.05) is 6.92 Å². The molecule has 1 aliphatic carbocycles. The number of aliphatic hydroxyl groups is 1. The fourth-order valence-corrected chi connectivity index (χ4v) is 7.36. The number of sulfone groups is 1. The lowest BCUT2D eigenvalue weighted by atomic mass is 10.0. The molecule has 220 valence electrons. The molecule has 0 radical (unpaired) electrons. The molecule has 3 aromatic rings. The molecule has 2 heterocycles. The van der Waals surface area contributed by atoms with Crippen molar-refractivity contribution in [2.75, 3.05) is 50.2 Å². The van der Waals surface area contributed by atoms with Crippen LogP contribution in [0, 0.1) is 23.6 Å². The van der Waals surface area contributed by atoms with Gasteiger partial charge in [0, 0.05) is 44.1 Å². The Morgan fingerprint density at radius 3 is 2.61 bits per heavy atom. The summed E-state index contributed by atoms with van der Waals surface area (Å²) in [6, 6.07) is 9.20. The number of fused-ring (bicyclic) bond motifs is 1. The van der Waals surface area contributed by atoms with Gasteiger partial charge in [-0.05, 0) is 62.0 Å². The number of hydrogen-bond donors (Lipinski definition) is 3. The molecule has 1 saturated heterocycles. The Morgan fingerprint density at radius 2 is 1.95 bits per heavy atom. The molecule has 0 amide bonds. The third kappa shape index (κ3) is 7.33. The highest BCUT2D eigenvalue weighted by atomic mass is 32.2. The number of nitrogens with zero attached hydrogens (tertiary/aromatic N) is 1. The average molecular weight is 600 g/mol. The molecule has 3 N–H and O–H groups in total. The van der Waals surface area contributed by atoms with E-state index in [-0.39, 0.29) is 18.4 Å². The Labute approximate surface area is 246 Å². The molecule has 10 heteroatoms. The first-order valence-corrected chi connectivity index (χ1v) is 16.8. The summed E-state index contributed by atoms with van der Waals surface area (Å²) >= 11 is 1.72. The summed E-state index contributed by atoms with van der Waals surface area (Å²) in [7, 11) is -2.29. The number of anilines is 2. The van der Waals surface area contributed by atoms with Gasteiger partial charge in [-0.3, -0.25) is 0 Å². The van der Waals surface area contributed by atoms with Crippen LogP contribution in [-0.2, 0) is 16.3 Å². The monoisotopic (exact) mass is 599 g/mol. The van der Waals surface area contributed by atoms with Gasteiger partial charge in [-0.1, -0.05) is 24.0 Å². The normalized spacial score (nSPS) is 17.2. The number of benzene rings is 2. The fraction of sp³-hybridized carbons (Fsp3) is 0.484. The molecule has 5 rings (SSSR count). The van der Waals surface area contributed by atoms with Gasteiger partial charge in [0.2, 0.25) is 0 Å². The number of likely N-dealkylation sites (tertiary alicyclic amines) is 1. The highest BCUT2D eigenvalue weighted by molar-refractivity contribution is 7.90. The summed E-state index contributed by atoms with van der Waals surface area (Å²) in [4.78, 5) is 2.99. The van der Waals surface area contributed by atoms with Crippen LogP contribution in [0.3, 0.4) is 0 Å². The number of aliphatic hydroxyl groups excluding tert-OH is 1. The van der Waals surface area contributed by atoms with Crippen molar-refractivity contribution in [1.29, 1.82) is 0 Å². The first-order chi connectivity index (χ1) is 19.6. The number of β-amino-alcohol motifs (C(OH)–C–C–N with tert-alkyl or cyclic N) is 1. The minimum atomic E-state index is -3.71. The van der Waals surface area contributed by atoms with Crippen LogP contribution in [0.1, 0.15) is 43.0 Å². The molecule has 1 saturated carbocycles. The van der Waals surface area contributed by atoms with E-state index in [1.54, 1.807) is 11.3 Å². The number of nitrogens with one attached hydrogen (secondary N) is 2. The molecular formula is C31H38FN3O4S2. The zero-order chi connectivity index (χ0) is 29.1. The number of hydrogen-bond acceptors (Lipinski definition) is 8. The molecule has 1 aliphatic heterocycles. The Bertz CT molecular complexity index is 1560. The smallest absolute Gasteiger partial charge is 0.178 e. The van der Waals surface area contributed by atoms with E-state index < -0.39 is 20.5 Å². The van der Waals surface area contributed by atoms with Gasteiger partial charge in [0.1, 0.15) is 16.5 Å². The van der Waals surface area contributed by atoms with E-state index in [4.69, 9.17) is 4.74 Å². The van der Waals surface area contributed by atoms with Crippen molar-refractivity contribution < 1.29 is 22.7 Å². The van der Waals surface area contributed by atoms with E-state index >= 15 is 0 Å². The standard InChI is InChI=1S/C31H38FN3O4S2/c1-20(36)19-35-14-11-22(12-15-35)34-26-7-4-6-23-24(16-21-9-10-21)29(40-31(23)26)8-5-13-33-27-17-25(32)30(41(3,37)38)18-28(27)39-2/h4,6-7,17-18,20-22,33-34,36H,9-16,19H2,1-3H3. The van der Waals surface area contributed by atoms with Gasteiger partial charge in [0.25, 0.3) is 0 Å². The number of thiophene rings is 1. The molecule has 2 fully saturated rings. The van der Waals surface area contributed by atoms with E-state index in [0.717, 1.165) is 61.8 Å². The topological polar surface area (TPSA) is 90.9 Å².